The number of carbonyl (C=O) groups is 1. The van der Waals surface area contributed by atoms with E-state index in [0.29, 0.717) is 12.3 Å². The zero-order valence-electron chi connectivity index (χ0n) is 11.2. The number of rotatable bonds is 6. The van der Waals surface area contributed by atoms with Crippen LogP contribution in [0.5, 0.6) is 0 Å². The number of alkyl halides is 1. The largest absolute Gasteiger partial charge is 0.349 e. The molecule has 0 radical (unpaired) electrons. The Morgan fingerprint density at radius 3 is 2.60 bits per heavy atom. The number of nitro benzene ring substituents is 1. The van der Waals surface area contributed by atoms with Gasteiger partial charge in [0.2, 0.25) is 0 Å². The van der Waals surface area contributed by atoms with Crippen LogP contribution in [-0.2, 0) is 0 Å². The Bertz CT molecular complexity index is 506. The summed E-state index contributed by atoms with van der Waals surface area (Å²) in [7, 11) is 0. The summed E-state index contributed by atoms with van der Waals surface area (Å²) in [5, 5.41) is 14.0. The molecule has 7 heteroatoms. The normalized spacial score (nSPS) is 12.2. The van der Waals surface area contributed by atoms with Gasteiger partial charge in [-0.15, -0.1) is 11.6 Å². The van der Waals surface area contributed by atoms with E-state index in [1.54, 1.807) is 0 Å². The number of hydrogen-bond acceptors (Lipinski definition) is 3. The van der Waals surface area contributed by atoms with Gasteiger partial charge in [0.1, 0.15) is 5.56 Å². The van der Waals surface area contributed by atoms with Crippen LogP contribution in [0.4, 0.5) is 5.69 Å². The molecule has 1 unspecified atom stereocenters. The molecule has 1 aromatic carbocycles. The highest BCUT2D eigenvalue weighted by molar-refractivity contribution is 6.31. The zero-order chi connectivity index (χ0) is 15.3. The molecular formula is C13H16Cl2N2O3. The minimum atomic E-state index is -0.618. The Kier molecular flexibility index (Phi) is 6.23. The van der Waals surface area contributed by atoms with Crippen molar-refractivity contribution in [1.82, 2.24) is 5.32 Å². The SMILES string of the molecule is CC(C)C(CCCl)NC(=O)c1ccc(Cl)cc1[N+](=O)[O-]. The predicted molar refractivity (Wildman–Crippen MR) is 79.5 cm³/mol. The van der Waals surface area contributed by atoms with Crippen LogP contribution in [0.1, 0.15) is 30.6 Å². The van der Waals surface area contributed by atoms with E-state index in [4.69, 9.17) is 23.2 Å². The van der Waals surface area contributed by atoms with Gasteiger partial charge in [0.05, 0.1) is 4.92 Å². The first-order valence-corrected chi connectivity index (χ1v) is 7.08. The van der Waals surface area contributed by atoms with Gasteiger partial charge in [-0.1, -0.05) is 25.4 Å². The summed E-state index contributed by atoms with van der Waals surface area (Å²) in [6.45, 7) is 3.90. The summed E-state index contributed by atoms with van der Waals surface area (Å²) in [6.07, 6.45) is 0.604. The molecule has 1 N–H and O–H groups in total. The van der Waals surface area contributed by atoms with Crippen LogP contribution in [0.25, 0.3) is 0 Å². The van der Waals surface area contributed by atoms with Crippen molar-refractivity contribution in [2.24, 2.45) is 5.92 Å². The Hall–Kier alpha value is -1.33. The topological polar surface area (TPSA) is 72.2 Å². The van der Waals surface area contributed by atoms with Crippen molar-refractivity contribution in [2.45, 2.75) is 26.3 Å². The van der Waals surface area contributed by atoms with Crippen LogP contribution in [-0.4, -0.2) is 22.8 Å². The average molecular weight is 319 g/mol. The molecule has 5 nitrogen and oxygen atoms in total. The minimum Gasteiger partial charge on any atom is -0.349 e. The van der Waals surface area contributed by atoms with E-state index in [-0.39, 0.29) is 28.2 Å². The van der Waals surface area contributed by atoms with Gasteiger partial charge in [-0.25, -0.2) is 0 Å². The van der Waals surface area contributed by atoms with E-state index in [1.807, 2.05) is 13.8 Å². The van der Waals surface area contributed by atoms with Crippen LogP contribution < -0.4 is 5.32 Å². The molecule has 0 spiro atoms. The first kappa shape index (κ1) is 16.7. The highest BCUT2D eigenvalue weighted by Gasteiger charge is 2.23. The third-order valence-electron chi connectivity index (χ3n) is 2.94. The van der Waals surface area contributed by atoms with Crippen LogP contribution in [0, 0.1) is 16.0 Å². The number of hydrogen-bond donors (Lipinski definition) is 1. The number of nitro groups is 1. The standard InChI is InChI=1S/C13H16Cl2N2O3/c1-8(2)11(5-6-14)16-13(18)10-4-3-9(15)7-12(10)17(19)20/h3-4,7-8,11H,5-6H2,1-2H3,(H,16,18). The van der Waals surface area contributed by atoms with Crippen molar-refractivity contribution in [3.05, 3.63) is 38.9 Å². The molecular weight excluding hydrogens is 303 g/mol. The quantitative estimate of drug-likeness (QED) is 0.494. The zero-order valence-corrected chi connectivity index (χ0v) is 12.7. The fourth-order valence-corrected chi connectivity index (χ4v) is 2.19. The molecule has 20 heavy (non-hydrogen) atoms. The van der Waals surface area contributed by atoms with Crippen LogP contribution in [0.15, 0.2) is 18.2 Å². The second-order valence-electron chi connectivity index (χ2n) is 4.72. The highest BCUT2D eigenvalue weighted by Crippen LogP contribution is 2.23. The molecule has 0 aromatic heterocycles. The second-order valence-corrected chi connectivity index (χ2v) is 5.53. The molecule has 0 aliphatic heterocycles. The number of halogens is 2. The van der Waals surface area contributed by atoms with Gasteiger partial charge >= 0.3 is 0 Å². The molecule has 1 aromatic rings. The van der Waals surface area contributed by atoms with Crippen molar-refractivity contribution in [1.29, 1.82) is 0 Å². The van der Waals surface area contributed by atoms with Gasteiger partial charge in [0, 0.05) is 23.0 Å². The van der Waals surface area contributed by atoms with Crippen LogP contribution >= 0.6 is 23.2 Å². The third kappa shape index (κ3) is 4.35. The Morgan fingerprint density at radius 2 is 2.10 bits per heavy atom. The molecule has 110 valence electrons. The first-order valence-electron chi connectivity index (χ1n) is 6.17. The Morgan fingerprint density at radius 1 is 1.45 bits per heavy atom. The number of amides is 1. The van der Waals surface area contributed by atoms with Crippen molar-refractivity contribution < 1.29 is 9.72 Å². The Labute approximate surface area is 127 Å². The molecule has 1 atom stereocenters. The fraction of sp³-hybridized carbons (Fsp3) is 0.462. The van der Waals surface area contributed by atoms with Gasteiger partial charge in [-0.2, -0.15) is 0 Å². The smallest absolute Gasteiger partial charge is 0.283 e. The van der Waals surface area contributed by atoms with E-state index in [9.17, 15) is 14.9 Å². The minimum absolute atomic E-state index is 0.000350. The van der Waals surface area contributed by atoms with E-state index >= 15 is 0 Å². The lowest BCUT2D eigenvalue weighted by atomic mass is 10.0. The maximum absolute atomic E-state index is 12.2. The van der Waals surface area contributed by atoms with E-state index in [2.05, 4.69) is 5.32 Å². The molecule has 0 saturated heterocycles. The van der Waals surface area contributed by atoms with Crippen molar-refractivity contribution in [2.75, 3.05) is 5.88 Å². The fourth-order valence-electron chi connectivity index (χ4n) is 1.78. The summed E-state index contributed by atoms with van der Waals surface area (Å²) in [5.41, 5.74) is -0.303. The van der Waals surface area contributed by atoms with Gasteiger partial charge in [-0.3, -0.25) is 14.9 Å². The maximum atomic E-state index is 12.2. The lowest BCUT2D eigenvalue weighted by molar-refractivity contribution is -0.385. The lowest BCUT2D eigenvalue weighted by Gasteiger charge is -2.21. The summed E-state index contributed by atoms with van der Waals surface area (Å²) in [4.78, 5) is 22.5. The lowest BCUT2D eigenvalue weighted by Crippen LogP contribution is -2.39. The molecule has 0 bridgehead atoms. The molecule has 1 rings (SSSR count). The van der Waals surface area contributed by atoms with E-state index in [0.717, 1.165) is 0 Å². The van der Waals surface area contributed by atoms with Crippen LogP contribution in [0.2, 0.25) is 5.02 Å². The molecule has 0 fully saturated rings. The summed E-state index contributed by atoms with van der Waals surface area (Å²) >= 11 is 11.4. The van der Waals surface area contributed by atoms with Gasteiger partial charge in [0.15, 0.2) is 0 Å². The number of nitrogens with one attached hydrogen (secondary N) is 1. The van der Waals surface area contributed by atoms with Crippen molar-refractivity contribution in [3.63, 3.8) is 0 Å². The van der Waals surface area contributed by atoms with E-state index < -0.39 is 10.8 Å². The summed E-state index contributed by atoms with van der Waals surface area (Å²) in [6, 6.07) is 3.85. The van der Waals surface area contributed by atoms with Gasteiger partial charge in [0.25, 0.3) is 11.6 Å². The predicted octanol–water partition coefficient (Wildman–Crippen LogP) is 3.63. The van der Waals surface area contributed by atoms with Gasteiger partial charge in [-0.05, 0) is 24.5 Å². The first-order chi connectivity index (χ1) is 9.36. The summed E-state index contributed by atoms with van der Waals surface area (Å²) in [5.74, 6) is 0.104. The van der Waals surface area contributed by atoms with Crippen molar-refractivity contribution in [3.8, 4) is 0 Å². The number of benzene rings is 1. The van der Waals surface area contributed by atoms with Crippen LogP contribution in [0.3, 0.4) is 0 Å². The Balaban J connectivity index is 3.00. The highest BCUT2D eigenvalue weighted by atomic mass is 35.5. The second kappa shape index (κ2) is 7.45. The third-order valence-corrected chi connectivity index (χ3v) is 3.40. The average Bonchev–Trinajstić information content (AvgIpc) is 2.37. The monoisotopic (exact) mass is 318 g/mol. The number of nitrogens with zero attached hydrogens (tertiary/aromatic N) is 1. The van der Waals surface area contributed by atoms with E-state index in [1.165, 1.54) is 18.2 Å². The van der Waals surface area contributed by atoms with Crippen molar-refractivity contribution >= 4 is 34.8 Å². The summed E-state index contributed by atoms with van der Waals surface area (Å²) < 4.78 is 0. The molecule has 1 amide bonds. The number of carbonyl (C=O) groups excluding carboxylic acids is 1. The molecule has 0 saturated carbocycles. The molecule has 0 aliphatic rings. The molecule has 0 heterocycles. The molecule has 0 aliphatic carbocycles. The maximum Gasteiger partial charge on any atom is 0.283 e. The van der Waals surface area contributed by atoms with Gasteiger partial charge < -0.3 is 5.32 Å².